The Balaban J connectivity index is -0.000000422. The van der Waals surface area contributed by atoms with Gasteiger partial charge >= 0.3 is 0 Å². The monoisotopic (exact) mass is 516 g/mol. The number of hydrazone groups is 1. The Bertz CT molecular complexity index is 372. The van der Waals surface area contributed by atoms with Gasteiger partial charge in [0.1, 0.15) is 0 Å². The van der Waals surface area contributed by atoms with Crippen molar-refractivity contribution in [3.05, 3.63) is 29.5 Å². The number of hydrogen-bond acceptors (Lipinski definition) is 3. The van der Waals surface area contributed by atoms with E-state index < -0.39 is 0 Å². The van der Waals surface area contributed by atoms with E-state index in [1.807, 2.05) is 6.07 Å². The van der Waals surface area contributed by atoms with Crippen LogP contribution in [0.3, 0.4) is 0 Å². The van der Waals surface area contributed by atoms with Crippen LogP contribution in [0.25, 0.3) is 0 Å². The van der Waals surface area contributed by atoms with Crippen molar-refractivity contribution < 1.29 is 135 Å². The molecule has 1 aromatic carbocycles. The molecular weight excluding hydrogens is 510 g/mol. The van der Waals surface area contributed by atoms with Gasteiger partial charge in [-0.15, -0.1) is 0 Å². The van der Waals surface area contributed by atoms with Gasteiger partial charge in [0.2, 0.25) is 0 Å². The second-order valence-electron chi connectivity index (χ2n) is 2.39. The summed E-state index contributed by atoms with van der Waals surface area (Å²) in [6.45, 7) is 3.64. The van der Waals surface area contributed by atoms with Gasteiger partial charge in [-0.2, -0.15) is 0 Å². The molecule has 1 aliphatic rings. The molecule has 0 fully saturated rings. The Morgan fingerprint density at radius 2 is 1.75 bits per heavy atom. The molecule has 0 N–H and O–H groups in total. The molecule has 4 nitrogen and oxygen atoms in total. The minimum Gasteiger partial charge on any atom is -0.720 e. The minimum absolute atomic E-state index is 0. The number of nitrogens with zero attached hydrogens (tertiary/aromatic N) is 3. The van der Waals surface area contributed by atoms with E-state index in [1.54, 1.807) is 18.2 Å². The third kappa shape index (κ3) is 5.80. The van der Waals surface area contributed by atoms with Crippen molar-refractivity contribution in [2.75, 3.05) is 5.17 Å². The maximum Gasteiger partial charge on any atom is 0.283 e. The number of para-hydroxylation sites is 2. The van der Waals surface area contributed by atoms with Crippen molar-refractivity contribution in [1.29, 1.82) is 0 Å². The van der Waals surface area contributed by atoms with Gasteiger partial charge in [-0.3, -0.25) is 5.17 Å². The molecule has 0 saturated carbocycles. The zero-order valence-corrected chi connectivity index (χ0v) is 19.9. The average molecular weight is 516 g/mol. The molecule has 2 rings (SSSR count). The van der Waals surface area contributed by atoms with E-state index in [4.69, 9.17) is 0 Å². The first kappa shape index (κ1) is 23.8. The third-order valence-electron chi connectivity index (χ3n) is 1.63. The summed E-state index contributed by atoms with van der Waals surface area (Å²) in [5.41, 5.74) is 1.20. The molecule has 8 heteroatoms. The summed E-state index contributed by atoms with van der Waals surface area (Å²) in [5.74, 6) is 0. The van der Waals surface area contributed by atoms with Crippen molar-refractivity contribution in [3.8, 4) is 0 Å². The van der Waals surface area contributed by atoms with Crippen molar-refractivity contribution in [1.82, 2.24) is 0 Å². The van der Waals surface area contributed by atoms with Gasteiger partial charge in [-0.25, -0.2) is 0 Å². The first-order valence-electron chi connectivity index (χ1n) is 3.42. The Labute approximate surface area is 195 Å². The molecule has 1 heterocycles. The molecule has 0 aromatic heterocycles. The molecule has 0 amide bonds. The second kappa shape index (κ2) is 11.6. The summed E-state index contributed by atoms with van der Waals surface area (Å²) >= 11 is 0. The largest absolute Gasteiger partial charge is 0.720 e. The average Bonchev–Trinajstić information content (AvgIpc) is 2.12. The van der Waals surface area contributed by atoms with Crippen molar-refractivity contribution >= 4 is 24.4 Å². The Morgan fingerprint density at radius 3 is 2.31 bits per heavy atom. The Kier molecular flexibility index (Phi) is 17.2. The quantitative estimate of drug-likeness (QED) is 0.384. The SMILES string of the molecule is C=[N+]1[C-]=NN([O-])c2ccccc21.[Y].[Y].[Y].[Y]. The molecule has 1 aromatic rings. The molecule has 0 unspecified atom stereocenters. The molecule has 72 valence electrons. The maximum atomic E-state index is 11.1. The van der Waals surface area contributed by atoms with Crippen molar-refractivity contribution in [2.24, 2.45) is 5.10 Å². The van der Waals surface area contributed by atoms with Gasteiger partial charge in [0.05, 0.1) is 5.69 Å². The van der Waals surface area contributed by atoms with E-state index in [0.29, 0.717) is 16.5 Å². The van der Waals surface area contributed by atoms with E-state index >= 15 is 0 Å². The predicted octanol–water partition coefficient (Wildman–Crippen LogP) is 1.16. The van der Waals surface area contributed by atoms with E-state index in [0.717, 1.165) is 0 Å². The van der Waals surface area contributed by atoms with Crippen LogP contribution in [0.1, 0.15) is 0 Å². The van der Waals surface area contributed by atoms with Crippen LogP contribution in [-0.2, 0) is 131 Å². The molecule has 1 aliphatic heterocycles. The van der Waals surface area contributed by atoms with E-state index in [-0.39, 0.29) is 131 Å². The molecular formula is C8H6N3OY4-. The smallest absolute Gasteiger partial charge is 0.283 e. The topological polar surface area (TPSA) is 41.7 Å². The van der Waals surface area contributed by atoms with Crippen LogP contribution in [0.5, 0.6) is 0 Å². The molecule has 0 aliphatic carbocycles. The molecule has 0 atom stereocenters. The van der Waals surface area contributed by atoms with Crippen LogP contribution in [-0.4, -0.2) is 17.6 Å². The number of anilines is 1. The summed E-state index contributed by atoms with van der Waals surface area (Å²) in [7, 11) is 0. The summed E-state index contributed by atoms with van der Waals surface area (Å²) in [6.07, 6.45) is 2.45. The predicted molar refractivity (Wildman–Crippen MR) is 46.8 cm³/mol. The van der Waals surface area contributed by atoms with Crippen molar-refractivity contribution in [3.63, 3.8) is 0 Å². The fourth-order valence-corrected chi connectivity index (χ4v) is 1.06. The van der Waals surface area contributed by atoms with Gasteiger partial charge in [-0.1, -0.05) is 18.2 Å². The minimum atomic E-state index is 0. The van der Waals surface area contributed by atoms with Crippen LogP contribution < -0.4 is 5.17 Å². The Hall–Kier alpha value is 2.74. The first-order chi connectivity index (χ1) is 5.79. The summed E-state index contributed by atoms with van der Waals surface area (Å²) < 4.78 is 1.43. The molecule has 0 spiro atoms. The van der Waals surface area contributed by atoms with Gasteiger partial charge < -0.3 is 9.78 Å². The second-order valence-corrected chi connectivity index (χ2v) is 2.39. The summed E-state index contributed by atoms with van der Waals surface area (Å²) in [5, 5.41) is 15.0. The summed E-state index contributed by atoms with van der Waals surface area (Å²) in [4.78, 5) is 0. The van der Waals surface area contributed by atoms with E-state index in [1.165, 1.54) is 4.58 Å². The van der Waals surface area contributed by atoms with Crippen LogP contribution in [0.15, 0.2) is 29.4 Å². The standard InChI is InChI=1S/C8H6N3O.4Y/c1-10-6-9-11(12)8-5-3-2-4-7(8)10;;;;/h2-5H,1H2;;;;/q-1;;;;. The van der Waals surface area contributed by atoms with Gasteiger partial charge in [0, 0.05) is 137 Å². The van der Waals surface area contributed by atoms with Crippen LogP contribution in [0, 0.1) is 5.21 Å². The zero-order valence-electron chi connectivity index (χ0n) is 8.58. The molecule has 4 radical (unpaired) electrons. The normalized spacial score (nSPS) is 11.1. The number of hydrogen-bond donors (Lipinski definition) is 0. The fraction of sp³-hybridized carbons (Fsp3) is 0. The number of fused-ring (bicyclic) bond motifs is 1. The Morgan fingerprint density at radius 1 is 1.19 bits per heavy atom. The number of rotatable bonds is 0. The van der Waals surface area contributed by atoms with Crippen LogP contribution in [0.4, 0.5) is 11.4 Å². The third-order valence-corrected chi connectivity index (χ3v) is 1.63. The molecule has 0 bridgehead atoms. The van der Waals surface area contributed by atoms with Crippen LogP contribution in [0.2, 0.25) is 0 Å². The molecule has 16 heavy (non-hydrogen) atoms. The summed E-state index contributed by atoms with van der Waals surface area (Å²) in [6, 6.07) is 7.08. The zero-order chi connectivity index (χ0) is 8.55. The van der Waals surface area contributed by atoms with Gasteiger partial charge in [0.15, 0.2) is 0 Å². The van der Waals surface area contributed by atoms with E-state index in [2.05, 4.69) is 18.2 Å². The van der Waals surface area contributed by atoms with Crippen LogP contribution >= 0.6 is 0 Å². The van der Waals surface area contributed by atoms with E-state index in [9.17, 15) is 5.21 Å². The first-order valence-corrected chi connectivity index (χ1v) is 3.42. The number of benzene rings is 1. The van der Waals surface area contributed by atoms with Crippen molar-refractivity contribution in [2.45, 2.75) is 0 Å². The van der Waals surface area contributed by atoms with Gasteiger partial charge in [0.25, 0.3) is 6.34 Å². The molecule has 0 saturated heterocycles. The maximum absolute atomic E-state index is 11.1. The fourth-order valence-electron chi connectivity index (χ4n) is 1.06. The van der Waals surface area contributed by atoms with Gasteiger partial charge in [-0.05, 0) is 17.9 Å².